The summed E-state index contributed by atoms with van der Waals surface area (Å²) in [5.74, 6) is -0.420. The third-order valence-corrected chi connectivity index (χ3v) is 2.67. The Morgan fingerprint density at radius 3 is 2.59 bits per heavy atom. The quantitative estimate of drug-likeness (QED) is 0.871. The summed E-state index contributed by atoms with van der Waals surface area (Å²) in [4.78, 5) is 14.0. The van der Waals surface area contributed by atoms with Gasteiger partial charge < -0.3 is 10.6 Å². The first kappa shape index (κ1) is 13.6. The second-order valence-electron chi connectivity index (χ2n) is 4.34. The van der Waals surface area contributed by atoms with E-state index in [0.717, 1.165) is 0 Å². The Hall–Kier alpha value is -1.42. The van der Waals surface area contributed by atoms with E-state index in [1.54, 1.807) is 11.8 Å². The molecule has 4 heteroatoms. The number of carbonyl (C=O) groups is 1. The fourth-order valence-corrected chi connectivity index (χ4v) is 1.76. The molecular weight excluding hydrogens is 219 g/mol. The molecule has 17 heavy (non-hydrogen) atoms. The number of halogens is 1. The summed E-state index contributed by atoms with van der Waals surface area (Å²) in [7, 11) is 0. The monoisotopic (exact) mass is 238 g/mol. The lowest BCUT2D eigenvalue weighted by Gasteiger charge is -2.26. The maximum Gasteiger partial charge on any atom is 0.254 e. The molecule has 0 saturated heterocycles. The van der Waals surface area contributed by atoms with E-state index in [1.165, 1.54) is 18.2 Å². The van der Waals surface area contributed by atoms with E-state index in [-0.39, 0.29) is 17.8 Å². The van der Waals surface area contributed by atoms with Gasteiger partial charge in [0, 0.05) is 24.7 Å². The van der Waals surface area contributed by atoms with E-state index in [0.29, 0.717) is 24.2 Å². The van der Waals surface area contributed by atoms with Crippen molar-refractivity contribution in [2.45, 2.75) is 26.8 Å². The van der Waals surface area contributed by atoms with Crippen LogP contribution < -0.4 is 5.73 Å². The first-order valence-electron chi connectivity index (χ1n) is 5.74. The lowest BCUT2D eigenvalue weighted by molar-refractivity contribution is 0.0711. The highest BCUT2D eigenvalue weighted by molar-refractivity contribution is 5.95. The summed E-state index contributed by atoms with van der Waals surface area (Å²) < 4.78 is 13.0. The Bertz CT molecular complexity index is 404. The zero-order valence-electron chi connectivity index (χ0n) is 10.5. The van der Waals surface area contributed by atoms with Crippen molar-refractivity contribution in [2.75, 3.05) is 13.1 Å². The van der Waals surface area contributed by atoms with Crippen molar-refractivity contribution >= 4 is 5.91 Å². The number of aryl methyl sites for hydroxylation is 1. The van der Waals surface area contributed by atoms with E-state index >= 15 is 0 Å². The molecule has 0 saturated carbocycles. The number of hydrogen-bond acceptors (Lipinski definition) is 2. The largest absolute Gasteiger partial charge is 0.335 e. The summed E-state index contributed by atoms with van der Waals surface area (Å²) in [6.07, 6.45) is 0. The SMILES string of the molecule is Cc1cc(F)ccc1C(=O)N(CCN)C(C)C. The predicted molar refractivity (Wildman–Crippen MR) is 66.4 cm³/mol. The number of rotatable bonds is 4. The van der Waals surface area contributed by atoms with E-state index in [9.17, 15) is 9.18 Å². The maximum absolute atomic E-state index is 13.0. The van der Waals surface area contributed by atoms with E-state index < -0.39 is 0 Å². The van der Waals surface area contributed by atoms with E-state index in [1.807, 2.05) is 13.8 Å². The summed E-state index contributed by atoms with van der Waals surface area (Å²) in [5, 5.41) is 0. The second-order valence-corrected chi connectivity index (χ2v) is 4.34. The molecule has 1 aromatic rings. The highest BCUT2D eigenvalue weighted by Gasteiger charge is 2.19. The summed E-state index contributed by atoms with van der Waals surface area (Å²) in [6, 6.07) is 4.28. The van der Waals surface area contributed by atoms with Crippen LogP contribution in [0.15, 0.2) is 18.2 Å². The van der Waals surface area contributed by atoms with Gasteiger partial charge in [0.15, 0.2) is 0 Å². The Morgan fingerprint density at radius 1 is 1.47 bits per heavy atom. The highest BCUT2D eigenvalue weighted by atomic mass is 19.1. The Morgan fingerprint density at radius 2 is 2.12 bits per heavy atom. The highest BCUT2D eigenvalue weighted by Crippen LogP contribution is 2.14. The molecule has 0 radical (unpaired) electrons. The lowest BCUT2D eigenvalue weighted by Crippen LogP contribution is -2.40. The second kappa shape index (κ2) is 5.77. The zero-order chi connectivity index (χ0) is 13.0. The van der Waals surface area contributed by atoms with Crippen LogP contribution in [0.25, 0.3) is 0 Å². The third kappa shape index (κ3) is 3.27. The summed E-state index contributed by atoms with van der Waals surface area (Å²) in [6.45, 7) is 6.54. The predicted octanol–water partition coefficient (Wildman–Crippen LogP) is 1.94. The van der Waals surface area contributed by atoms with Crippen molar-refractivity contribution in [3.63, 3.8) is 0 Å². The molecular formula is C13H19FN2O. The molecule has 0 aliphatic carbocycles. The normalized spacial score (nSPS) is 10.7. The number of benzene rings is 1. The van der Waals surface area contributed by atoms with Crippen LogP contribution in [0, 0.1) is 12.7 Å². The van der Waals surface area contributed by atoms with Crippen molar-refractivity contribution in [3.05, 3.63) is 35.1 Å². The lowest BCUT2D eigenvalue weighted by atomic mass is 10.1. The third-order valence-electron chi connectivity index (χ3n) is 2.67. The Kier molecular flexibility index (Phi) is 4.63. The number of carbonyl (C=O) groups excluding carboxylic acids is 1. The molecule has 0 aromatic heterocycles. The van der Waals surface area contributed by atoms with Gasteiger partial charge in [-0.3, -0.25) is 4.79 Å². The van der Waals surface area contributed by atoms with Crippen molar-refractivity contribution in [2.24, 2.45) is 5.73 Å². The molecule has 0 fully saturated rings. The molecule has 3 nitrogen and oxygen atoms in total. The van der Waals surface area contributed by atoms with Crippen LogP contribution in [0.1, 0.15) is 29.8 Å². The Balaban J connectivity index is 3.01. The molecule has 1 amide bonds. The molecule has 1 aromatic carbocycles. The number of hydrogen-bond donors (Lipinski definition) is 1. The maximum atomic E-state index is 13.0. The van der Waals surface area contributed by atoms with Gasteiger partial charge in [-0.15, -0.1) is 0 Å². The van der Waals surface area contributed by atoms with Gasteiger partial charge in [-0.1, -0.05) is 0 Å². The first-order chi connectivity index (χ1) is 7.97. The molecule has 0 unspecified atom stereocenters. The van der Waals surface area contributed by atoms with Crippen LogP contribution in [-0.2, 0) is 0 Å². The molecule has 2 N–H and O–H groups in total. The average molecular weight is 238 g/mol. The number of amides is 1. The van der Waals surface area contributed by atoms with Gasteiger partial charge in [-0.25, -0.2) is 4.39 Å². The van der Waals surface area contributed by atoms with Crippen LogP contribution in [0.3, 0.4) is 0 Å². The average Bonchev–Trinajstić information content (AvgIpc) is 2.24. The summed E-state index contributed by atoms with van der Waals surface area (Å²) in [5.41, 5.74) is 6.68. The van der Waals surface area contributed by atoms with Gasteiger partial charge in [0.25, 0.3) is 5.91 Å². The minimum atomic E-state index is -0.325. The molecule has 1 rings (SSSR count). The molecule has 0 heterocycles. The molecule has 0 atom stereocenters. The number of nitrogens with zero attached hydrogens (tertiary/aromatic N) is 1. The standard InChI is InChI=1S/C13H19FN2O/c1-9(2)16(7-6-15)13(17)12-5-4-11(14)8-10(12)3/h4-5,8-9H,6-7,15H2,1-3H3. The topological polar surface area (TPSA) is 46.3 Å². The number of nitrogens with two attached hydrogens (primary N) is 1. The fraction of sp³-hybridized carbons (Fsp3) is 0.462. The molecule has 0 spiro atoms. The van der Waals surface area contributed by atoms with Crippen LogP contribution >= 0.6 is 0 Å². The van der Waals surface area contributed by atoms with Crippen LogP contribution in [-0.4, -0.2) is 29.9 Å². The van der Waals surface area contributed by atoms with Crippen LogP contribution in [0.2, 0.25) is 0 Å². The Labute approximate surface area is 101 Å². The smallest absolute Gasteiger partial charge is 0.254 e. The van der Waals surface area contributed by atoms with Gasteiger partial charge in [0.1, 0.15) is 5.82 Å². The minimum absolute atomic E-state index is 0.0792. The van der Waals surface area contributed by atoms with Gasteiger partial charge in [0.2, 0.25) is 0 Å². The van der Waals surface area contributed by atoms with Crippen LogP contribution in [0.5, 0.6) is 0 Å². The fourth-order valence-electron chi connectivity index (χ4n) is 1.76. The van der Waals surface area contributed by atoms with Gasteiger partial charge in [-0.05, 0) is 44.5 Å². The molecule has 94 valence electrons. The molecule has 0 aliphatic rings. The van der Waals surface area contributed by atoms with Crippen molar-refractivity contribution in [1.29, 1.82) is 0 Å². The van der Waals surface area contributed by atoms with Crippen molar-refractivity contribution in [1.82, 2.24) is 4.90 Å². The van der Waals surface area contributed by atoms with E-state index in [2.05, 4.69) is 0 Å². The van der Waals surface area contributed by atoms with Gasteiger partial charge in [0.05, 0.1) is 0 Å². The van der Waals surface area contributed by atoms with Gasteiger partial charge >= 0.3 is 0 Å². The van der Waals surface area contributed by atoms with E-state index in [4.69, 9.17) is 5.73 Å². The zero-order valence-corrected chi connectivity index (χ0v) is 10.5. The van der Waals surface area contributed by atoms with Gasteiger partial charge in [-0.2, -0.15) is 0 Å². The summed E-state index contributed by atoms with van der Waals surface area (Å²) >= 11 is 0. The first-order valence-corrected chi connectivity index (χ1v) is 5.74. The minimum Gasteiger partial charge on any atom is -0.335 e. The van der Waals surface area contributed by atoms with Crippen molar-refractivity contribution < 1.29 is 9.18 Å². The van der Waals surface area contributed by atoms with Crippen LogP contribution in [0.4, 0.5) is 4.39 Å². The molecule has 0 aliphatic heterocycles. The van der Waals surface area contributed by atoms with Crippen molar-refractivity contribution in [3.8, 4) is 0 Å². The molecule has 0 bridgehead atoms.